The minimum absolute atomic E-state index is 0.0492. The summed E-state index contributed by atoms with van der Waals surface area (Å²) in [4.78, 5) is 23.9. The van der Waals surface area contributed by atoms with Crippen LogP contribution in [0.3, 0.4) is 0 Å². The highest BCUT2D eigenvalue weighted by Crippen LogP contribution is 2.35. The van der Waals surface area contributed by atoms with Crippen molar-refractivity contribution in [3.63, 3.8) is 0 Å². The number of hydrogen-bond donors (Lipinski definition) is 2. The first-order valence-electron chi connectivity index (χ1n) is 12.1. The molecule has 0 saturated carbocycles. The van der Waals surface area contributed by atoms with Crippen molar-refractivity contribution in [1.82, 2.24) is 14.9 Å². The first kappa shape index (κ1) is 27.0. The van der Waals surface area contributed by atoms with E-state index in [1.807, 2.05) is 0 Å². The predicted octanol–water partition coefficient (Wildman–Crippen LogP) is 5.39. The molecule has 198 valence electrons. The number of halogens is 3. The van der Waals surface area contributed by atoms with E-state index < -0.39 is 16.7 Å². The number of ether oxygens (including phenoxy) is 2. The van der Waals surface area contributed by atoms with E-state index in [4.69, 9.17) is 21.1 Å². The van der Waals surface area contributed by atoms with Crippen LogP contribution >= 0.6 is 11.6 Å². The van der Waals surface area contributed by atoms with E-state index >= 15 is 0 Å². The molecule has 2 N–H and O–H groups in total. The number of likely N-dealkylation sites (tertiary alicyclic amines) is 1. The van der Waals surface area contributed by atoms with E-state index in [-0.39, 0.29) is 29.9 Å². The van der Waals surface area contributed by atoms with Gasteiger partial charge in [-0.05, 0) is 50.6 Å². The number of benzene rings is 2. The van der Waals surface area contributed by atoms with Crippen molar-refractivity contribution in [2.75, 3.05) is 44.5 Å². The SMILES string of the molecule is COCCOc1cc2ncnc(Nc3ccc(F)c(Cl)c3F)c2cc1NC(=O)CC(C)[C@H]1CCCN1C. The first-order chi connectivity index (χ1) is 17.8. The van der Waals surface area contributed by atoms with Crippen LogP contribution < -0.4 is 15.4 Å². The number of amides is 1. The van der Waals surface area contributed by atoms with Crippen molar-refractivity contribution in [2.45, 2.75) is 32.2 Å². The van der Waals surface area contributed by atoms with Crippen LogP contribution in [0.1, 0.15) is 26.2 Å². The van der Waals surface area contributed by atoms with Crippen LogP contribution in [0.4, 0.5) is 26.0 Å². The van der Waals surface area contributed by atoms with Gasteiger partial charge >= 0.3 is 0 Å². The molecule has 1 amide bonds. The summed E-state index contributed by atoms with van der Waals surface area (Å²) < 4.78 is 39.1. The second-order valence-electron chi connectivity index (χ2n) is 9.20. The van der Waals surface area contributed by atoms with Crippen molar-refractivity contribution >= 4 is 45.6 Å². The topological polar surface area (TPSA) is 88.6 Å². The van der Waals surface area contributed by atoms with Crippen molar-refractivity contribution in [3.05, 3.63) is 47.2 Å². The Hall–Kier alpha value is -3.08. The van der Waals surface area contributed by atoms with Crippen molar-refractivity contribution in [2.24, 2.45) is 5.92 Å². The van der Waals surface area contributed by atoms with Crippen molar-refractivity contribution in [3.8, 4) is 5.75 Å². The van der Waals surface area contributed by atoms with Crippen molar-refractivity contribution < 1.29 is 23.0 Å². The van der Waals surface area contributed by atoms with E-state index in [9.17, 15) is 13.6 Å². The summed E-state index contributed by atoms with van der Waals surface area (Å²) in [7, 11) is 3.66. The third-order valence-electron chi connectivity index (χ3n) is 6.59. The summed E-state index contributed by atoms with van der Waals surface area (Å²) in [6.45, 7) is 3.75. The Morgan fingerprint density at radius 3 is 2.78 bits per heavy atom. The molecule has 2 heterocycles. The fraction of sp³-hybridized carbons (Fsp3) is 0.423. The lowest BCUT2D eigenvalue weighted by molar-refractivity contribution is -0.117. The fourth-order valence-electron chi connectivity index (χ4n) is 4.67. The molecule has 37 heavy (non-hydrogen) atoms. The molecule has 1 unspecified atom stereocenters. The van der Waals surface area contributed by atoms with Gasteiger partial charge < -0.3 is 25.0 Å². The lowest BCUT2D eigenvalue weighted by atomic mass is 9.96. The van der Waals surface area contributed by atoms with Gasteiger partial charge in [0.15, 0.2) is 5.82 Å². The third-order valence-corrected chi connectivity index (χ3v) is 6.93. The molecule has 1 saturated heterocycles. The number of carbonyl (C=O) groups is 1. The third kappa shape index (κ3) is 6.26. The number of hydrogen-bond acceptors (Lipinski definition) is 7. The molecular formula is C26H30ClF2N5O3. The number of nitrogens with zero attached hydrogens (tertiary/aromatic N) is 3. The van der Waals surface area contributed by atoms with Crippen molar-refractivity contribution in [1.29, 1.82) is 0 Å². The van der Waals surface area contributed by atoms with Gasteiger partial charge in [0.25, 0.3) is 0 Å². The number of nitrogens with one attached hydrogen (secondary N) is 2. The van der Waals surface area contributed by atoms with Gasteiger partial charge in [-0.3, -0.25) is 4.79 Å². The van der Waals surface area contributed by atoms with Gasteiger partial charge in [0.2, 0.25) is 5.91 Å². The second kappa shape index (κ2) is 12.0. The maximum Gasteiger partial charge on any atom is 0.224 e. The summed E-state index contributed by atoms with van der Waals surface area (Å²) in [6, 6.07) is 6.01. The summed E-state index contributed by atoms with van der Waals surface area (Å²) in [5.41, 5.74) is 0.875. The Kier molecular flexibility index (Phi) is 8.73. The zero-order valence-corrected chi connectivity index (χ0v) is 21.7. The molecule has 2 aromatic carbocycles. The van der Waals surface area contributed by atoms with Gasteiger partial charge in [-0.25, -0.2) is 18.7 Å². The fourth-order valence-corrected chi connectivity index (χ4v) is 4.84. The molecule has 1 aromatic heterocycles. The van der Waals surface area contributed by atoms with Gasteiger partial charge in [-0.15, -0.1) is 0 Å². The maximum absolute atomic E-state index is 14.5. The number of carbonyl (C=O) groups excluding carboxylic acids is 1. The quantitative estimate of drug-likeness (QED) is 0.267. The van der Waals surface area contributed by atoms with E-state index in [2.05, 4.69) is 39.5 Å². The average Bonchev–Trinajstić information content (AvgIpc) is 3.31. The van der Waals surface area contributed by atoms with Crippen LogP contribution in [-0.4, -0.2) is 60.7 Å². The molecule has 3 aromatic rings. The number of aromatic nitrogens is 2. The lowest BCUT2D eigenvalue weighted by Crippen LogP contribution is -2.33. The highest BCUT2D eigenvalue weighted by molar-refractivity contribution is 6.31. The number of fused-ring (bicyclic) bond motifs is 1. The summed E-state index contributed by atoms with van der Waals surface area (Å²) in [5, 5.41) is 5.70. The van der Waals surface area contributed by atoms with E-state index in [0.29, 0.717) is 41.4 Å². The van der Waals surface area contributed by atoms with Crippen LogP contribution in [0.2, 0.25) is 5.02 Å². The molecule has 0 aliphatic carbocycles. The molecule has 0 radical (unpaired) electrons. The minimum Gasteiger partial charge on any atom is -0.489 e. The van der Waals surface area contributed by atoms with Crippen LogP contribution in [0, 0.1) is 17.6 Å². The van der Waals surface area contributed by atoms with Gasteiger partial charge in [-0.1, -0.05) is 18.5 Å². The molecule has 1 aliphatic rings. The minimum atomic E-state index is -0.938. The van der Waals surface area contributed by atoms with Crippen LogP contribution in [0.5, 0.6) is 5.75 Å². The molecule has 8 nitrogen and oxygen atoms in total. The largest absolute Gasteiger partial charge is 0.489 e. The Morgan fingerprint density at radius 1 is 1.24 bits per heavy atom. The zero-order chi connectivity index (χ0) is 26.5. The molecule has 4 rings (SSSR count). The lowest BCUT2D eigenvalue weighted by Gasteiger charge is -2.25. The maximum atomic E-state index is 14.5. The Labute approximate surface area is 219 Å². The molecule has 1 fully saturated rings. The van der Waals surface area contributed by atoms with Crippen LogP contribution in [0.15, 0.2) is 30.6 Å². The normalized spacial score (nSPS) is 16.6. The highest BCUT2D eigenvalue weighted by atomic mass is 35.5. The summed E-state index contributed by atoms with van der Waals surface area (Å²) in [6.07, 6.45) is 3.86. The number of rotatable bonds is 10. The van der Waals surface area contributed by atoms with Crippen LogP contribution in [-0.2, 0) is 9.53 Å². The summed E-state index contributed by atoms with van der Waals surface area (Å²) >= 11 is 5.73. The molecule has 0 bridgehead atoms. The molecular weight excluding hydrogens is 504 g/mol. The highest BCUT2D eigenvalue weighted by Gasteiger charge is 2.28. The number of anilines is 3. The van der Waals surface area contributed by atoms with Gasteiger partial charge in [0.05, 0.1) is 23.5 Å². The monoisotopic (exact) mass is 533 g/mol. The molecule has 2 atom stereocenters. The van der Waals surface area contributed by atoms with E-state index in [1.54, 1.807) is 19.2 Å². The van der Waals surface area contributed by atoms with Crippen LogP contribution in [0.25, 0.3) is 10.9 Å². The van der Waals surface area contributed by atoms with Gasteiger partial charge in [-0.2, -0.15) is 0 Å². The Morgan fingerprint density at radius 2 is 2.05 bits per heavy atom. The standard InChI is InChI=1S/C26H30ClF2N5O3/c1-15(21-5-4-8-34(21)2)11-23(35)32-20-12-16-19(13-22(20)37-10-9-36-3)30-14-31-26(16)33-18-7-6-17(28)24(27)25(18)29/h6-7,12-15,21H,4-5,8-11H2,1-3H3,(H,32,35)(H,30,31,33)/t15?,21-/m1/s1. The second-order valence-corrected chi connectivity index (χ2v) is 9.57. The smallest absolute Gasteiger partial charge is 0.224 e. The Balaban J connectivity index is 1.64. The van der Waals surface area contributed by atoms with E-state index in [1.165, 1.54) is 12.4 Å². The first-order valence-corrected chi connectivity index (χ1v) is 12.5. The Bertz CT molecular complexity index is 1280. The average molecular weight is 534 g/mol. The predicted molar refractivity (Wildman–Crippen MR) is 140 cm³/mol. The molecule has 11 heteroatoms. The summed E-state index contributed by atoms with van der Waals surface area (Å²) in [5.74, 6) is -1.09. The molecule has 0 spiro atoms. The van der Waals surface area contributed by atoms with Gasteiger partial charge in [0.1, 0.15) is 35.3 Å². The molecule has 1 aliphatic heterocycles. The van der Waals surface area contributed by atoms with E-state index in [0.717, 1.165) is 25.5 Å². The zero-order valence-electron chi connectivity index (χ0n) is 21.0. The number of methoxy groups -OCH3 is 1. The van der Waals surface area contributed by atoms with Gasteiger partial charge in [0, 0.05) is 31.0 Å².